The van der Waals surface area contributed by atoms with E-state index in [9.17, 15) is 28.1 Å². The van der Waals surface area contributed by atoms with Gasteiger partial charge in [0.25, 0.3) is 5.91 Å². The molecule has 0 heterocycles. The maximum atomic E-state index is 13.0. The normalized spacial score (nSPS) is 11.0. The van der Waals surface area contributed by atoms with E-state index in [4.69, 9.17) is 21.1 Å². The zero-order valence-corrected chi connectivity index (χ0v) is 14.4. The van der Waals surface area contributed by atoms with Crippen LogP contribution in [-0.2, 0) is 11.0 Å². The molecule has 2 aromatic rings. The molecule has 0 aromatic heterocycles. The van der Waals surface area contributed by atoms with Crippen LogP contribution in [0.15, 0.2) is 36.4 Å². The van der Waals surface area contributed by atoms with Crippen LogP contribution in [0.25, 0.3) is 0 Å². The van der Waals surface area contributed by atoms with E-state index in [1.165, 1.54) is 25.3 Å². The van der Waals surface area contributed by atoms with E-state index < -0.39 is 40.6 Å². The molecular formula is C16H12ClF3N2O5. The van der Waals surface area contributed by atoms with Crippen molar-refractivity contribution >= 4 is 28.9 Å². The molecule has 144 valence electrons. The van der Waals surface area contributed by atoms with Gasteiger partial charge in [0.1, 0.15) is 5.75 Å². The molecule has 1 N–H and O–H groups in total. The molecule has 2 aromatic carbocycles. The van der Waals surface area contributed by atoms with Crippen LogP contribution in [0.4, 0.5) is 24.5 Å². The summed E-state index contributed by atoms with van der Waals surface area (Å²) in [5, 5.41) is 12.8. The van der Waals surface area contributed by atoms with Gasteiger partial charge in [0, 0.05) is 0 Å². The first-order valence-corrected chi connectivity index (χ1v) is 7.62. The number of anilines is 1. The molecule has 0 radical (unpaired) electrons. The molecule has 0 aliphatic rings. The lowest BCUT2D eigenvalue weighted by Crippen LogP contribution is -2.22. The molecule has 1 amide bonds. The van der Waals surface area contributed by atoms with E-state index >= 15 is 0 Å². The predicted octanol–water partition coefficient (Wildman–Crippen LogP) is 4.29. The first-order chi connectivity index (χ1) is 12.6. The van der Waals surface area contributed by atoms with Crippen molar-refractivity contribution in [3.8, 4) is 11.5 Å². The van der Waals surface area contributed by atoms with Crippen LogP contribution in [0.2, 0.25) is 5.02 Å². The summed E-state index contributed by atoms with van der Waals surface area (Å²) in [4.78, 5) is 22.3. The molecule has 0 bridgehead atoms. The second-order valence-electron chi connectivity index (χ2n) is 5.09. The summed E-state index contributed by atoms with van der Waals surface area (Å²) in [6.07, 6.45) is -4.73. The van der Waals surface area contributed by atoms with Gasteiger partial charge in [-0.2, -0.15) is 13.2 Å². The number of rotatable bonds is 6. The predicted molar refractivity (Wildman–Crippen MR) is 90.2 cm³/mol. The van der Waals surface area contributed by atoms with Crippen LogP contribution in [0.1, 0.15) is 5.56 Å². The molecule has 27 heavy (non-hydrogen) atoms. The van der Waals surface area contributed by atoms with Gasteiger partial charge in [-0.1, -0.05) is 17.7 Å². The Morgan fingerprint density at radius 1 is 1.30 bits per heavy atom. The van der Waals surface area contributed by atoms with Gasteiger partial charge in [-0.05, 0) is 24.3 Å². The van der Waals surface area contributed by atoms with Gasteiger partial charge in [0.2, 0.25) is 0 Å². The van der Waals surface area contributed by atoms with Gasteiger partial charge in [-0.3, -0.25) is 14.9 Å². The molecule has 0 atom stereocenters. The number of benzene rings is 2. The topological polar surface area (TPSA) is 90.7 Å². The molecule has 0 aliphatic heterocycles. The van der Waals surface area contributed by atoms with E-state index in [2.05, 4.69) is 0 Å². The number of carbonyl (C=O) groups is 1. The number of para-hydroxylation sites is 1. The Morgan fingerprint density at radius 2 is 2.00 bits per heavy atom. The number of hydrogen-bond donors (Lipinski definition) is 1. The monoisotopic (exact) mass is 404 g/mol. The molecule has 11 heteroatoms. The Labute approximate surface area is 155 Å². The highest BCUT2D eigenvalue weighted by molar-refractivity contribution is 6.34. The quantitative estimate of drug-likeness (QED) is 0.572. The number of nitrogens with one attached hydrogen (secondary N) is 1. The summed E-state index contributed by atoms with van der Waals surface area (Å²) < 4.78 is 49.0. The molecule has 0 saturated heterocycles. The summed E-state index contributed by atoms with van der Waals surface area (Å²) in [5.74, 6) is -1.02. The minimum absolute atomic E-state index is 0.199. The number of halogens is 4. The third-order valence-electron chi connectivity index (χ3n) is 3.30. The van der Waals surface area contributed by atoms with Crippen molar-refractivity contribution in [2.45, 2.75) is 6.18 Å². The number of methoxy groups -OCH3 is 1. The summed E-state index contributed by atoms with van der Waals surface area (Å²) in [5.41, 5.74) is -2.21. The van der Waals surface area contributed by atoms with Gasteiger partial charge in [-0.25, -0.2) is 0 Å². The Balaban J connectivity index is 2.16. The first-order valence-electron chi connectivity index (χ1n) is 7.24. The molecule has 0 unspecified atom stereocenters. The van der Waals surface area contributed by atoms with E-state index in [0.717, 1.165) is 18.2 Å². The van der Waals surface area contributed by atoms with Crippen molar-refractivity contribution in [3.05, 3.63) is 57.1 Å². The van der Waals surface area contributed by atoms with Crippen LogP contribution in [0.5, 0.6) is 11.5 Å². The number of ether oxygens (including phenoxy) is 2. The number of nitro groups is 1. The average Bonchev–Trinajstić information content (AvgIpc) is 2.60. The van der Waals surface area contributed by atoms with Crippen molar-refractivity contribution in [1.29, 1.82) is 0 Å². The fourth-order valence-electron chi connectivity index (χ4n) is 2.10. The van der Waals surface area contributed by atoms with E-state index in [0.29, 0.717) is 0 Å². The molecule has 0 fully saturated rings. The molecule has 2 rings (SSSR count). The number of nitrogens with zero attached hydrogens (tertiary/aromatic N) is 1. The smallest absolute Gasteiger partial charge is 0.418 e. The highest BCUT2D eigenvalue weighted by Crippen LogP contribution is 2.38. The van der Waals surface area contributed by atoms with E-state index in [1.807, 2.05) is 5.32 Å². The highest BCUT2D eigenvalue weighted by Gasteiger charge is 2.34. The van der Waals surface area contributed by atoms with Gasteiger partial charge in [-0.15, -0.1) is 0 Å². The minimum atomic E-state index is -4.73. The largest absolute Gasteiger partial charge is 0.496 e. The van der Waals surface area contributed by atoms with Gasteiger partial charge < -0.3 is 14.8 Å². The third kappa shape index (κ3) is 5.00. The minimum Gasteiger partial charge on any atom is -0.496 e. The summed E-state index contributed by atoms with van der Waals surface area (Å²) in [7, 11) is 1.31. The van der Waals surface area contributed by atoms with Crippen molar-refractivity contribution in [2.75, 3.05) is 19.0 Å². The molecule has 0 spiro atoms. The number of nitro benzene ring substituents is 1. The fourth-order valence-corrected chi connectivity index (χ4v) is 2.32. The second kappa shape index (κ2) is 8.12. The summed E-state index contributed by atoms with van der Waals surface area (Å²) in [6, 6.07) is 6.70. The Morgan fingerprint density at radius 3 is 2.59 bits per heavy atom. The number of carbonyl (C=O) groups excluding carboxylic acids is 1. The van der Waals surface area contributed by atoms with Gasteiger partial charge in [0.15, 0.2) is 12.4 Å². The number of amides is 1. The average molecular weight is 405 g/mol. The summed E-state index contributed by atoms with van der Waals surface area (Å²) in [6.45, 7) is -0.768. The lowest BCUT2D eigenvalue weighted by molar-refractivity contribution is -0.385. The van der Waals surface area contributed by atoms with Crippen LogP contribution in [0.3, 0.4) is 0 Å². The third-order valence-corrected chi connectivity index (χ3v) is 3.62. The second-order valence-corrected chi connectivity index (χ2v) is 5.49. The van der Waals surface area contributed by atoms with E-state index in [1.54, 1.807) is 0 Å². The maximum absolute atomic E-state index is 13.0. The Kier molecular flexibility index (Phi) is 6.11. The lowest BCUT2D eigenvalue weighted by Gasteiger charge is -2.15. The van der Waals surface area contributed by atoms with Crippen LogP contribution in [-0.4, -0.2) is 24.5 Å². The summed E-state index contributed by atoms with van der Waals surface area (Å²) >= 11 is 5.74. The molecule has 7 nitrogen and oxygen atoms in total. The van der Waals surface area contributed by atoms with Crippen molar-refractivity contribution in [1.82, 2.24) is 0 Å². The first kappa shape index (κ1) is 20.3. The fraction of sp³-hybridized carbons (Fsp3) is 0.188. The zero-order chi connectivity index (χ0) is 20.2. The Hall–Kier alpha value is -3.01. The number of hydrogen-bond acceptors (Lipinski definition) is 5. The lowest BCUT2D eigenvalue weighted by atomic mass is 10.1. The molecule has 0 aliphatic carbocycles. The number of alkyl halides is 3. The SMILES string of the molecule is COc1ccc(OCC(=O)Nc2c(Cl)cccc2C(F)(F)F)c([N+](=O)[O-])c1. The van der Waals surface area contributed by atoms with Gasteiger partial charge >= 0.3 is 11.9 Å². The zero-order valence-electron chi connectivity index (χ0n) is 13.7. The highest BCUT2D eigenvalue weighted by atomic mass is 35.5. The Bertz CT molecular complexity index is 874. The van der Waals surface area contributed by atoms with Gasteiger partial charge in [0.05, 0.1) is 34.4 Å². The van der Waals surface area contributed by atoms with Crippen molar-refractivity contribution < 1.29 is 32.4 Å². The standard InChI is InChI=1S/C16H12ClF3N2O5/c1-26-9-5-6-13(12(7-9)22(24)25)27-8-14(23)21-15-10(16(18,19)20)3-2-4-11(15)17/h2-7H,8H2,1H3,(H,21,23). The van der Waals surface area contributed by atoms with Crippen LogP contribution < -0.4 is 14.8 Å². The van der Waals surface area contributed by atoms with Crippen LogP contribution in [0, 0.1) is 10.1 Å². The molecule has 0 saturated carbocycles. The van der Waals surface area contributed by atoms with Crippen molar-refractivity contribution in [2.24, 2.45) is 0 Å². The maximum Gasteiger partial charge on any atom is 0.418 e. The van der Waals surface area contributed by atoms with Crippen molar-refractivity contribution in [3.63, 3.8) is 0 Å². The molecular weight excluding hydrogens is 393 g/mol. The van der Waals surface area contributed by atoms with Crippen LogP contribution >= 0.6 is 11.6 Å². The van der Waals surface area contributed by atoms with E-state index in [-0.39, 0.29) is 16.5 Å².